The number of rotatable bonds is 6. The van der Waals surface area contributed by atoms with Gasteiger partial charge in [-0.25, -0.2) is 14.5 Å². The molecule has 0 saturated carbocycles. The Morgan fingerprint density at radius 3 is 2.73 bits per heavy atom. The highest BCUT2D eigenvalue weighted by atomic mass is 16.5. The smallest absolute Gasteiger partial charge is 0.335 e. The van der Waals surface area contributed by atoms with Gasteiger partial charge in [-0.05, 0) is 31.3 Å². The zero-order valence-corrected chi connectivity index (χ0v) is 18.4. The van der Waals surface area contributed by atoms with Gasteiger partial charge in [-0.1, -0.05) is 24.3 Å². The van der Waals surface area contributed by atoms with Crippen molar-refractivity contribution in [3.63, 3.8) is 0 Å². The number of aromatic nitrogens is 3. The van der Waals surface area contributed by atoms with Crippen molar-refractivity contribution in [2.45, 2.75) is 12.5 Å². The standard InChI is InChI=1S/C22H24N4O4.CH2O2/c1-25-10-11-30-19(14-25)21-23-20(13-15-6-3-4-9-18(15)29-2)24-26(21)17-8-5-7-16(12-17)22(27)28;2-1-3/h3-9,12,19H,10-11,13-14H2,1-2H3,(H,27,28);1H,(H,2,3). The first-order valence-electron chi connectivity index (χ1n) is 10.3. The predicted octanol–water partition coefficient (Wildman–Crippen LogP) is 2.27. The number of morpholine rings is 1. The number of methoxy groups -OCH3 is 1. The molecular formula is C23H26N4O6. The first-order chi connectivity index (χ1) is 16.0. The van der Waals surface area contributed by atoms with Gasteiger partial charge in [0.25, 0.3) is 6.47 Å². The molecule has 0 spiro atoms. The Morgan fingerprint density at radius 2 is 2.03 bits per heavy atom. The fourth-order valence-corrected chi connectivity index (χ4v) is 3.57. The SMILES string of the molecule is COc1ccccc1Cc1nc(C2CN(C)CCO2)n(-c2cccc(C(=O)O)c2)n1.O=CO. The molecule has 2 N–H and O–H groups in total. The highest BCUT2D eigenvalue weighted by Gasteiger charge is 2.27. The van der Waals surface area contributed by atoms with Crippen LogP contribution in [-0.4, -0.2) is 76.2 Å². The maximum atomic E-state index is 11.4. The van der Waals surface area contributed by atoms with Gasteiger partial charge < -0.3 is 24.6 Å². The van der Waals surface area contributed by atoms with Crippen LogP contribution in [0.2, 0.25) is 0 Å². The van der Waals surface area contributed by atoms with Crippen molar-refractivity contribution in [2.24, 2.45) is 0 Å². The van der Waals surface area contributed by atoms with Crippen LogP contribution in [0.3, 0.4) is 0 Å². The van der Waals surface area contributed by atoms with Crippen molar-refractivity contribution < 1.29 is 29.3 Å². The summed E-state index contributed by atoms with van der Waals surface area (Å²) in [5.41, 5.74) is 1.81. The summed E-state index contributed by atoms with van der Waals surface area (Å²) in [5.74, 6) is 1.07. The van der Waals surface area contributed by atoms with E-state index < -0.39 is 5.97 Å². The number of hydrogen-bond donors (Lipinski definition) is 2. The minimum atomic E-state index is -0.985. The second-order valence-corrected chi connectivity index (χ2v) is 7.37. The number of carbonyl (C=O) groups is 2. The highest BCUT2D eigenvalue weighted by molar-refractivity contribution is 5.88. The lowest BCUT2D eigenvalue weighted by Gasteiger charge is -2.29. The van der Waals surface area contributed by atoms with Gasteiger partial charge in [0.15, 0.2) is 11.6 Å². The van der Waals surface area contributed by atoms with Crippen molar-refractivity contribution in [2.75, 3.05) is 33.9 Å². The third-order valence-corrected chi connectivity index (χ3v) is 5.11. The van der Waals surface area contributed by atoms with Crippen LogP contribution >= 0.6 is 0 Å². The molecule has 0 radical (unpaired) electrons. The number of aromatic carboxylic acids is 1. The first kappa shape index (κ1) is 23.9. The molecule has 1 aromatic heterocycles. The molecule has 2 aromatic carbocycles. The molecule has 1 aliphatic heterocycles. The van der Waals surface area contributed by atoms with Crippen LogP contribution in [0, 0.1) is 0 Å². The van der Waals surface area contributed by atoms with Crippen molar-refractivity contribution in [3.8, 4) is 11.4 Å². The van der Waals surface area contributed by atoms with Gasteiger partial charge in [-0.15, -0.1) is 0 Å². The highest BCUT2D eigenvalue weighted by Crippen LogP contribution is 2.25. The summed E-state index contributed by atoms with van der Waals surface area (Å²) in [5, 5.41) is 21.0. The number of benzene rings is 2. The van der Waals surface area contributed by atoms with Crippen LogP contribution < -0.4 is 4.74 Å². The summed E-state index contributed by atoms with van der Waals surface area (Å²) in [6, 6.07) is 14.4. The summed E-state index contributed by atoms with van der Waals surface area (Å²) >= 11 is 0. The Hall–Kier alpha value is -3.76. The molecule has 174 valence electrons. The van der Waals surface area contributed by atoms with E-state index in [1.807, 2.05) is 37.4 Å². The van der Waals surface area contributed by atoms with E-state index in [1.165, 1.54) is 0 Å². The molecule has 0 aliphatic carbocycles. The molecule has 1 unspecified atom stereocenters. The number of para-hydroxylation sites is 1. The van der Waals surface area contributed by atoms with Crippen molar-refractivity contribution >= 4 is 12.4 Å². The average Bonchev–Trinajstić information content (AvgIpc) is 3.24. The number of hydrogen-bond acceptors (Lipinski definition) is 7. The van der Waals surface area contributed by atoms with Crippen LogP contribution in [-0.2, 0) is 16.0 Å². The summed E-state index contributed by atoms with van der Waals surface area (Å²) in [6.45, 7) is 1.89. The fraction of sp³-hybridized carbons (Fsp3) is 0.304. The lowest BCUT2D eigenvalue weighted by Crippen LogP contribution is -2.36. The molecule has 3 aromatic rings. The molecule has 0 bridgehead atoms. The molecule has 2 heterocycles. The van der Waals surface area contributed by atoms with Gasteiger partial charge in [0.05, 0.1) is 25.0 Å². The van der Waals surface area contributed by atoms with E-state index in [-0.39, 0.29) is 18.1 Å². The molecule has 4 rings (SSSR count). The summed E-state index contributed by atoms with van der Waals surface area (Å²) in [6.07, 6.45) is 0.238. The van der Waals surface area contributed by atoms with E-state index >= 15 is 0 Å². The van der Waals surface area contributed by atoms with E-state index in [0.717, 1.165) is 17.9 Å². The molecule has 1 fully saturated rings. The van der Waals surface area contributed by atoms with Gasteiger partial charge in [0.2, 0.25) is 0 Å². The van der Waals surface area contributed by atoms with Crippen molar-refractivity contribution in [1.82, 2.24) is 19.7 Å². The second-order valence-electron chi connectivity index (χ2n) is 7.37. The van der Waals surface area contributed by atoms with Crippen LogP contribution in [0.4, 0.5) is 0 Å². The minimum absolute atomic E-state index is 0.196. The van der Waals surface area contributed by atoms with Gasteiger partial charge >= 0.3 is 5.97 Å². The quantitative estimate of drug-likeness (QED) is 0.539. The average molecular weight is 454 g/mol. The van der Waals surface area contributed by atoms with Crippen molar-refractivity contribution in [3.05, 3.63) is 71.3 Å². The monoisotopic (exact) mass is 454 g/mol. The molecule has 1 atom stereocenters. The zero-order valence-electron chi connectivity index (χ0n) is 18.4. The molecule has 10 heteroatoms. The lowest BCUT2D eigenvalue weighted by atomic mass is 10.1. The Labute approximate surface area is 191 Å². The van der Waals surface area contributed by atoms with E-state index in [4.69, 9.17) is 29.5 Å². The Morgan fingerprint density at radius 1 is 1.27 bits per heavy atom. The summed E-state index contributed by atoms with van der Waals surface area (Å²) in [7, 11) is 3.68. The third kappa shape index (κ3) is 5.93. The van der Waals surface area contributed by atoms with Gasteiger partial charge in [-0.3, -0.25) is 4.79 Å². The Bertz CT molecular complexity index is 1100. The van der Waals surface area contributed by atoms with Gasteiger partial charge in [-0.2, -0.15) is 5.10 Å². The molecule has 33 heavy (non-hydrogen) atoms. The summed E-state index contributed by atoms with van der Waals surface area (Å²) < 4.78 is 13.1. The number of carboxylic acid groups (broad SMARTS) is 2. The van der Waals surface area contributed by atoms with Gasteiger partial charge in [0.1, 0.15) is 11.9 Å². The normalized spacial score (nSPS) is 15.9. The molecular weight excluding hydrogens is 428 g/mol. The molecule has 0 amide bonds. The summed E-state index contributed by atoms with van der Waals surface area (Å²) in [4.78, 5) is 26.8. The third-order valence-electron chi connectivity index (χ3n) is 5.11. The lowest BCUT2D eigenvalue weighted by molar-refractivity contribution is -0.122. The van der Waals surface area contributed by atoms with E-state index in [1.54, 1.807) is 30.0 Å². The fourth-order valence-electron chi connectivity index (χ4n) is 3.57. The van der Waals surface area contributed by atoms with E-state index in [2.05, 4.69) is 4.90 Å². The number of likely N-dealkylation sites (N-methyl/N-ethyl adjacent to an activating group) is 1. The van der Waals surface area contributed by atoms with Gasteiger partial charge in [0, 0.05) is 25.1 Å². The number of nitrogens with zero attached hydrogens (tertiary/aromatic N) is 4. The van der Waals surface area contributed by atoms with Crippen LogP contribution in [0.25, 0.3) is 5.69 Å². The predicted molar refractivity (Wildman–Crippen MR) is 119 cm³/mol. The number of carboxylic acids is 1. The zero-order chi connectivity index (χ0) is 23.8. The Kier molecular flexibility index (Phi) is 8.11. The minimum Gasteiger partial charge on any atom is -0.496 e. The first-order valence-corrected chi connectivity index (χ1v) is 10.3. The van der Waals surface area contributed by atoms with E-state index in [9.17, 15) is 9.90 Å². The largest absolute Gasteiger partial charge is 0.496 e. The molecule has 10 nitrogen and oxygen atoms in total. The number of ether oxygens (including phenoxy) is 2. The van der Waals surface area contributed by atoms with Crippen LogP contribution in [0.1, 0.15) is 33.7 Å². The Balaban J connectivity index is 0.000000968. The van der Waals surface area contributed by atoms with Crippen LogP contribution in [0.15, 0.2) is 48.5 Å². The second kappa shape index (κ2) is 11.2. The van der Waals surface area contributed by atoms with Crippen LogP contribution in [0.5, 0.6) is 5.75 Å². The molecule has 1 saturated heterocycles. The topological polar surface area (TPSA) is 127 Å². The van der Waals surface area contributed by atoms with E-state index in [0.29, 0.717) is 36.9 Å². The maximum absolute atomic E-state index is 11.4. The molecule has 1 aliphatic rings. The van der Waals surface area contributed by atoms with Crippen molar-refractivity contribution in [1.29, 1.82) is 0 Å². The maximum Gasteiger partial charge on any atom is 0.335 e.